The number of nitrogens with one attached hydrogen (secondary N) is 1. The highest BCUT2D eigenvalue weighted by Crippen LogP contribution is 2.30. The SMILES string of the molecule is COc1cc(OC)cc([C@@H]2CCNC2)c1. The normalized spacial score (nSPS) is 20.3. The second-order valence-electron chi connectivity index (χ2n) is 3.84. The quantitative estimate of drug-likeness (QED) is 0.819. The summed E-state index contributed by atoms with van der Waals surface area (Å²) >= 11 is 0. The lowest BCUT2D eigenvalue weighted by Gasteiger charge is -2.12. The minimum atomic E-state index is 0.592. The van der Waals surface area contributed by atoms with Crippen molar-refractivity contribution >= 4 is 0 Å². The molecule has 1 aromatic rings. The van der Waals surface area contributed by atoms with Crippen LogP contribution < -0.4 is 14.8 Å². The van der Waals surface area contributed by atoms with Crippen molar-refractivity contribution in [2.45, 2.75) is 12.3 Å². The summed E-state index contributed by atoms with van der Waals surface area (Å²) in [7, 11) is 3.37. The predicted molar refractivity (Wildman–Crippen MR) is 59.8 cm³/mol. The van der Waals surface area contributed by atoms with Crippen LogP contribution in [-0.2, 0) is 0 Å². The third-order valence-electron chi connectivity index (χ3n) is 2.91. The highest BCUT2D eigenvalue weighted by Gasteiger charge is 2.17. The van der Waals surface area contributed by atoms with E-state index in [0.717, 1.165) is 24.6 Å². The van der Waals surface area contributed by atoms with Gasteiger partial charge in [0.25, 0.3) is 0 Å². The van der Waals surface area contributed by atoms with E-state index in [1.54, 1.807) is 14.2 Å². The molecular weight excluding hydrogens is 190 g/mol. The zero-order chi connectivity index (χ0) is 10.7. The van der Waals surface area contributed by atoms with E-state index >= 15 is 0 Å². The van der Waals surface area contributed by atoms with Crippen molar-refractivity contribution in [3.8, 4) is 11.5 Å². The second kappa shape index (κ2) is 4.53. The first-order chi connectivity index (χ1) is 7.33. The molecule has 1 fully saturated rings. The van der Waals surface area contributed by atoms with Crippen molar-refractivity contribution in [3.63, 3.8) is 0 Å². The molecule has 1 heterocycles. The highest BCUT2D eigenvalue weighted by molar-refractivity contribution is 5.40. The molecule has 0 saturated carbocycles. The van der Waals surface area contributed by atoms with E-state index in [9.17, 15) is 0 Å². The van der Waals surface area contributed by atoms with Crippen LogP contribution in [0.2, 0.25) is 0 Å². The van der Waals surface area contributed by atoms with Gasteiger partial charge < -0.3 is 14.8 Å². The minimum absolute atomic E-state index is 0.592. The fourth-order valence-electron chi connectivity index (χ4n) is 2.00. The Morgan fingerprint density at radius 1 is 1.13 bits per heavy atom. The van der Waals surface area contributed by atoms with Gasteiger partial charge in [0.15, 0.2) is 0 Å². The van der Waals surface area contributed by atoms with Crippen molar-refractivity contribution in [3.05, 3.63) is 23.8 Å². The van der Waals surface area contributed by atoms with Crippen molar-refractivity contribution in [1.82, 2.24) is 5.32 Å². The molecule has 3 heteroatoms. The molecule has 1 aliphatic rings. The van der Waals surface area contributed by atoms with Crippen molar-refractivity contribution in [1.29, 1.82) is 0 Å². The fraction of sp³-hybridized carbons (Fsp3) is 0.500. The van der Waals surface area contributed by atoms with Gasteiger partial charge in [-0.2, -0.15) is 0 Å². The molecule has 0 radical (unpaired) electrons. The standard InChI is InChI=1S/C12H17NO2/c1-14-11-5-10(6-12(7-11)15-2)9-3-4-13-8-9/h5-7,9,13H,3-4,8H2,1-2H3/t9-/m1/s1. The third-order valence-corrected chi connectivity index (χ3v) is 2.91. The Morgan fingerprint density at radius 3 is 2.27 bits per heavy atom. The van der Waals surface area contributed by atoms with Crippen LogP contribution in [0.25, 0.3) is 0 Å². The maximum Gasteiger partial charge on any atom is 0.122 e. The van der Waals surface area contributed by atoms with Gasteiger partial charge >= 0.3 is 0 Å². The lowest BCUT2D eigenvalue weighted by Crippen LogP contribution is -2.08. The fourth-order valence-corrected chi connectivity index (χ4v) is 2.00. The molecule has 15 heavy (non-hydrogen) atoms. The number of ether oxygens (including phenoxy) is 2. The van der Waals surface area contributed by atoms with Gasteiger partial charge in [-0.3, -0.25) is 0 Å². The lowest BCUT2D eigenvalue weighted by molar-refractivity contribution is 0.393. The van der Waals surface area contributed by atoms with Gasteiger partial charge in [0.1, 0.15) is 11.5 Å². The summed E-state index contributed by atoms with van der Waals surface area (Å²) in [5, 5.41) is 3.36. The van der Waals surface area contributed by atoms with E-state index < -0.39 is 0 Å². The molecule has 0 bridgehead atoms. The van der Waals surface area contributed by atoms with Crippen molar-refractivity contribution in [2.75, 3.05) is 27.3 Å². The monoisotopic (exact) mass is 207 g/mol. The number of methoxy groups -OCH3 is 2. The molecule has 1 aliphatic heterocycles. The van der Waals surface area contributed by atoms with Crippen LogP contribution in [0.4, 0.5) is 0 Å². The number of hydrogen-bond acceptors (Lipinski definition) is 3. The zero-order valence-corrected chi connectivity index (χ0v) is 9.25. The van der Waals surface area contributed by atoms with Crippen LogP contribution >= 0.6 is 0 Å². The summed E-state index contributed by atoms with van der Waals surface area (Å²) in [5.41, 5.74) is 1.30. The average molecular weight is 207 g/mol. The number of hydrogen-bond donors (Lipinski definition) is 1. The Morgan fingerprint density at radius 2 is 1.80 bits per heavy atom. The predicted octanol–water partition coefficient (Wildman–Crippen LogP) is 1.78. The van der Waals surface area contributed by atoms with Crippen LogP contribution in [-0.4, -0.2) is 27.3 Å². The molecule has 0 unspecified atom stereocenters. The van der Waals surface area contributed by atoms with E-state index in [-0.39, 0.29) is 0 Å². The van der Waals surface area contributed by atoms with E-state index in [2.05, 4.69) is 17.4 Å². The Bertz CT molecular complexity index is 310. The van der Waals surface area contributed by atoms with Gasteiger partial charge in [-0.1, -0.05) is 0 Å². The van der Waals surface area contributed by atoms with E-state index in [0.29, 0.717) is 5.92 Å². The third kappa shape index (κ3) is 2.23. The topological polar surface area (TPSA) is 30.5 Å². The largest absolute Gasteiger partial charge is 0.497 e. The summed E-state index contributed by atoms with van der Waals surface area (Å²) in [6, 6.07) is 6.10. The van der Waals surface area contributed by atoms with Crippen LogP contribution in [0.5, 0.6) is 11.5 Å². The molecule has 3 nitrogen and oxygen atoms in total. The van der Waals surface area contributed by atoms with E-state index in [4.69, 9.17) is 9.47 Å². The van der Waals surface area contributed by atoms with E-state index in [1.165, 1.54) is 12.0 Å². The second-order valence-corrected chi connectivity index (χ2v) is 3.84. The van der Waals surface area contributed by atoms with Crippen LogP contribution in [0.3, 0.4) is 0 Å². The highest BCUT2D eigenvalue weighted by atomic mass is 16.5. The summed E-state index contributed by atoms with van der Waals surface area (Å²) in [6.07, 6.45) is 1.19. The van der Waals surface area contributed by atoms with Crippen molar-refractivity contribution < 1.29 is 9.47 Å². The van der Waals surface area contributed by atoms with Gasteiger partial charge in [0, 0.05) is 12.6 Å². The maximum absolute atomic E-state index is 5.26. The Hall–Kier alpha value is -1.22. The van der Waals surface area contributed by atoms with Gasteiger partial charge in [-0.05, 0) is 36.6 Å². The summed E-state index contributed by atoms with van der Waals surface area (Å²) in [6.45, 7) is 2.15. The van der Waals surface area contributed by atoms with Gasteiger partial charge in [-0.15, -0.1) is 0 Å². The Kier molecular flexibility index (Phi) is 3.11. The van der Waals surface area contributed by atoms with Crippen LogP contribution in [0.1, 0.15) is 17.9 Å². The first-order valence-corrected chi connectivity index (χ1v) is 5.27. The van der Waals surface area contributed by atoms with E-state index in [1.807, 2.05) is 6.07 Å². The summed E-state index contributed by atoms with van der Waals surface area (Å²) in [5.74, 6) is 2.33. The van der Waals surface area contributed by atoms with Crippen LogP contribution in [0.15, 0.2) is 18.2 Å². The zero-order valence-electron chi connectivity index (χ0n) is 9.25. The number of rotatable bonds is 3. The molecule has 1 aromatic carbocycles. The molecule has 0 amide bonds. The van der Waals surface area contributed by atoms with Gasteiger partial charge in [0.05, 0.1) is 14.2 Å². The molecule has 0 aromatic heterocycles. The maximum atomic E-state index is 5.26. The number of benzene rings is 1. The summed E-state index contributed by atoms with van der Waals surface area (Å²) < 4.78 is 10.5. The molecule has 1 saturated heterocycles. The Labute approximate surface area is 90.4 Å². The average Bonchev–Trinajstić information content (AvgIpc) is 2.81. The van der Waals surface area contributed by atoms with Crippen LogP contribution in [0, 0.1) is 0 Å². The minimum Gasteiger partial charge on any atom is -0.497 e. The molecule has 1 atom stereocenters. The smallest absolute Gasteiger partial charge is 0.122 e. The first-order valence-electron chi connectivity index (χ1n) is 5.27. The van der Waals surface area contributed by atoms with Gasteiger partial charge in [-0.25, -0.2) is 0 Å². The molecular formula is C12H17NO2. The molecule has 0 spiro atoms. The molecule has 2 rings (SSSR count). The van der Waals surface area contributed by atoms with Gasteiger partial charge in [0.2, 0.25) is 0 Å². The molecule has 82 valence electrons. The lowest BCUT2D eigenvalue weighted by atomic mass is 9.98. The molecule has 0 aliphatic carbocycles. The summed E-state index contributed by atoms with van der Waals surface area (Å²) in [4.78, 5) is 0. The molecule has 1 N–H and O–H groups in total. The Balaban J connectivity index is 2.28. The van der Waals surface area contributed by atoms with Crippen molar-refractivity contribution in [2.24, 2.45) is 0 Å². The first kappa shape index (κ1) is 10.3.